The van der Waals surface area contributed by atoms with Crippen molar-refractivity contribution >= 4 is 62.4 Å². The maximum atomic E-state index is 14.2. The minimum Gasteiger partial charge on any atom is -0.457 e. The monoisotopic (exact) mass is 676 g/mol. The van der Waals surface area contributed by atoms with Crippen LogP contribution in [0.15, 0.2) is 107 Å². The van der Waals surface area contributed by atoms with Crippen LogP contribution >= 0.6 is 23.1 Å². The molecule has 12 heteroatoms. The molecule has 0 radical (unpaired) electrons. The van der Waals surface area contributed by atoms with Crippen LogP contribution in [-0.4, -0.2) is 33.5 Å². The van der Waals surface area contributed by atoms with Gasteiger partial charge < -0.3 is 10.1 Å². The van der Waals surface area contributed by atoms with Gasteiger partial charge in [0.15, 0.2) is 0 Å². The van der Waals surface area contributed by atoms with Gasteiger partial charge in [-0.15, -0.1) is 23.1 Å². The zero-order valence-electron chi connectivity index (χ0n) is 25.5. The highest BCUT2D eigenvalue weighted by molar-refractivity contribution is 7.98. The Bertz CT molecular complexity index is 2330. The van der Waals surface area contributed by atoms with Gasteiger partial charge >= 0.3 is 0 Å². The predicted octanol–water partition coefficient (Wildman–Crippen LogP) is 7.52. The van der Waals surface area contributed by atoms with Crippen molar-refractivity contribution in [1.82, 2.24) is 9.55 Å². The number of nitrogens with zero attached hydrogens (tertiary/aromatic N) is 3. The molecular formula is C36H25FN4O5S2. The van der Waals surface area contributed by atoms with Crippen LogP contribution in [0.5, 0.6) is 11.5 Å². The largest absolute Gasteiger partial charge is 0.457 e. The maximum Gasteiger partial charge on any atom is 0.266 e. The number of hydrogen-bond donors (Lipinski definition) is 1. The maximum absolute atomic E-state index is 14.2. The first-order chi connectivity index (χ1) is 23.2. The highest BCUT2D eigenvalue weighted by atomic mass is 32.2. The number of rotatable bonds is 8. The van der Waals surface area contributed by atoms with Crippen LogP contribution in [0.4, 0.5) is 15.8 Å². The molecule has 0 saturated heterocycles. The Balaban J connectivity index is 1.05. The van der Waals surface area contributed by atoms with Crippen molar-refractivity contribution in [2.75, 3.05) is 16.5 Å². The van der Waals surface area contributed by atoms with Crippen molar-refractivity contribution in [2.24, 2.45) is 0 Å². The lowest BCUT2D eigenvalue weighted by molar-refractivity contribution is 0.0924. The van der Waals surface area contributed by atoms with Gasteiger partial charge in [-0.3, -0.25) is 23.7 Å². The summed E-state index contributed by atoms with van der Waals surface area (Å²) in [5, 5.41) is 3.17. The van der Waals surface area contributed by atoms with E-state index in [1.54, 1.807) is 79.7 Å². The van der Waals surface area contributed by atoms with E-state index in [1.807, 2.05) is 18.4 Å². The lowest BCUT2D eigenvalue weighted by Gasteiger charge is -2.16. The minimum absolute atomic E-state index is 0.0186. The third-order valence-corrected chi connectivity index (χ3v) is 9.94. The van der Waals surface area contributed by atoms with Gasteiger partial charge in [-0.25, -0.2) is 14.3 Å². The lowest BCUT2D eigenvalue weighted by atomic mass is 10.1. The fourth-order valence-electron chi connectivity index (χ4n) is 5.55. The molecule has 0 unspecified atom stereocenters. The Labute approximate surface area is 281 Å². The lowest BCUT2D eigenvalue weighted by Crippen LogP contribution is -2.29. The smallest absolute Gasteiger partial charge is 0.266 e. The summed E-state index contributed by atoms with van der Waals surface area (Å²) in [6.07, 6.45) is 3.25. The van der Waals surface area contributed by atoms with Gasteiger partial charge in [0, 0.05) is 16.1 Å². The number of carbonyl (C=O) groups excluding carboxylic acids is 3. The van der Waals surface area contributed by atoms with Crippen LogP contribution in [0.25, 0.3) is 10.2 Å². The van der Waals surface area contributed by atoms with Gasteiger partial charge in [0.05, 0.1) is 39.9 Å². The molecule has 0 atom stereocenters. The number of thiophene rings is 1. The molecule has 9 nitrogen and oxygen atoms in total. The molecule has 0 aliphatic carbocycles. The van der Waals surface area contributed by atoms with Crippen LogP contribution < -0.4 is 20.5 Å². The normalized spacial score (nSPS) is 12.4. The van der Waals surface area contributed by atoms with Crippen LogP contribution in [0.2, 0.25) is 0 Å². The van der Waals surface area contributed by atoms with Gasteiger partial charge in [0.25, 0.3) is 23.3 Å². The number of hydrogen-bond acceptors (Lipinski definition) is 8. The van der Waals surface area contributed by atoms with E-state index < -0.39 is 17.6 Å². The fourth-order valence-corrected chi connectivity index (χ4v) is 7.16. The molecule has 4 aromatic carbocycles. The van der Waals surface area contributed by atoms with Crippen molar-refractivity contribution in [3.05, 3.63) is 141 Å². The van der Waals surface area contributed by atoms with Crippen molar-refractivity contribution in [3.8, 4) is 11.5 Å². The highest BCUT2D eigenvalue weighted by Gasteiger charge is 2.38. The number of fused-ring (bicyclic) bond motifs is 2. The zero-order chi connectivity index (χ0) is 33.5. The average molecular weight is 677 g/mol. The van der Waals surface area contributed by atoms with Crippen LogP contribution in [0.1, 0.15) is 41.5 Å². The molecule has 1 aliphatic heterocycles. The Morgan fingerprint density at radius 1 is 0.917 bits per heavy atom. The van der Waals surface area contributed by atoms with Crippen molar-refractivity contribution < 1.29 is 23.5 Å². The molecule has 0 spiro atoms. The Morgan fingerprint density at radius 2 is 1.62 bits per heavy atom. The number of halogens is 1. The topological polar surface area (TPSA) is 111 Å². The number of anilines is 2. The van der Waals surface area contributed by atoms with Gasteiger partial charge in [0.2, 0.25) is 0 Å². The number of ether oxygens (including phenoxy) is 1. The summed E-state index contributed by atoms with van der Waals surface area (Å²) in [5.41, 5.74) is 2.09. The zero-order valence-corrected chi connectivity index (χ0v) is 27.2. The fraction of sp³-hybridized carbons (Fsp3) is 0.0833. The molecule has 2 aromatic heterocycles. The number of benzene rings is 4. The number of nitrogens with one attached hydrogen (secondary N) is 1. The van der Waals surface area contributed by atoms with Crippen LogP contribution in [0, 0.1) is 12.7 Å². The second-order valence-corrected chi connectivity index (χ2v) is 12.8. The summed E-state index contributed by atoms with van der Waals surface area (Å²) >= 11 is 2.56. The summed E-state index contributed by atoms with van der Waals surface area (Å²) in [6, 6.07) is 24.9. The molecular weight excluding hydrogens is 652 g/mol. The summed E-state index contributed by atoms with van der Waals surface area (Å²) < 4.78 is 21.5. The quantitative estimate of drug-likeness (QED) is 0.131. The average Bonchev–Trinajstić information content (AvgIpc) is 3.56. The Hall–Kier alpha value is -5.59. The SMILES string of the molecule is CSc1ccccc1N1C(=O)c2ccc(Oc3ccc(NC(=O)c4sc5ncn(Cc6ccccc6F)c(=O)c5c4C)cc3)cc2C1=O. The van der Waals surface area contributed by atoms with E-state index in [2.05, 4.69) is 10.3 Å². The third kappa shape index (κ3) is 5.54. The van der Waals surface area contributed by atoms with Crippen molar-refractivity contribution in [2.45, 2.75) is 18.4 Å². The molecule has 0 fully saturated rings. The molecule has 238 valence electrons. The molecule has 0 saturated carbocycles. The minimum atomic E-state index is -0.421. The molecule has 3 heterocycles. The van der Waals surface area contributed by atoms with E-state index >= 15 is 0 Å². The standard InChI is InChI=1S/C36H25FN4O5S2/c1-20-30-33(38-19-40(36(30)45)18-21-7-3-4-8-27(21)37)48-31(20)32(42)39-22-11-13-23(14-12-22)46-24-15-16-25-26(17-24)35(44)41(34(25)43)28-9-5-6-10-29(28)47-2/h3-17,19H,18H2,1-2H3,(H,39,42). The summed E-state index contributed by atoms with van der Waals surface area (Å²) in [5.74, 6) is -0.801. The Kier molecular flexibility index (Phi) is 8.11. The number of thioether (sulfide) groups is 1. The number of imide groups is 1. The van der Waals surface area contributed by atoms with Gasteiger partial charge in [-0.2, -0.15) is 0 Å². The predicted molar refractivity (Wildman–Crippen MR) is 184 cm³/mol. The molecule has 3 amide bonds. The van der Waals surface area contributed by atoms with E-state index in [-0.39, 0.29) is 23.6 Å². The van der Waals surface area contributed by atoms with Crippen LogP contribution in [-0.2, 0) is 6.54 Å². The van der Waals surface area contributed by atoms with E-state index in [4.69, 9.17) is 4.74 Å². The number of aryl methyl sites for hydroxylation is 1. The molecule has 7 rings (SSSR count). The van der Waals surface area contributed by atoms with Gasteiger partial charge in [0.1, 0.15) is 22.1 Å². The highest BCUT2D eigenvalue weighted by Crippen LogP contribution is 2.36. The Morgan fingerprint density at radius 3 is 2.40 bits per heavy atom. The number of amides is 3. The summed E-state index contributed by atoms with van der Waals surface area (Å²) in [7, 11) is 0. The molecule has 6 aromatic rings. The molecule has 1 aliphatic rings. The van der Waals surface area contributed by atoms with Gasteiger partial charge in [-0.05, 0) is 79.4 Å². The summed E-state index contributed by atoms with van der Waals surface area (Å²) in [4.78, 5) is 60.1. The second kappa shape index (κ2) is 12.5. The van der Waals surface area contributed by atoms with E-state index in [1.165, 1.54) is 33.6 Å². The molecule has 1 N–H and O–H groups in total. The number of para-hydroxylation sites is 1. The third-order valence-electron chi connectivity index (χ3n) is 7.95. The molecule has 48 heavy (non-hydrogen) atoms. The number of aromatic nitrogens is 2. The van der Waals surface area contributed by atoms with E-state index in [0.29, 0.717) is 54.7 Å². The first-order valence-electron chi connectivity index (χ1n) is 14.7. The molecule has 0 bridgehead atoms. The second-order valence-electron chi connectivity index (χ2n) is 10.9. The van der Waals surface area contributed by atoms with Gasteiger partial charge in [-0.1, -0.05) is 30.3 Å². The van der Waals surface area contributed by atoms with Crippen molar-refractivity contribution in [3.63, 3.8) is 0 Å². The number of carbonyl (C=O) groups is 3. The first kappa shape index (κ1) is 31.0. The van der Waals surface area contributed by atoms with Crippen LogP contribution in [0.3, 0.4) is 0 Å². The van der Waals surface area contributed by atoms with E-state index in [0.717, 1.165) is 16.2 Å². The van der Waals surface area contributed by atoms with E-state index in [9.17, 15) is 23.6 Å². The van der Waals surface area contributed by atoms with Crippen molar-refractivity contribution in [1.29, 1.82) is 0 Å². The first-order valence-corrected chi connectivity index (χ1v) is 16.7. The summed E-state index contributed by atoms with van der Waals surface area (Å²) in [6.45, 7) is 1.71.